The number of hydrogen-bond donors (Lipinski definition) is 1. The molecule has 2 aromatic heterocycles. The number of pyridine rings is 1. The second-order valence-electron chi connectivity index (χ2n) is 3.86. The van der Waals surface area contributed by atoms with E-state index in [1.807, 2.05) is 36.7 Å². The fraction of sp³-hybridized carbons (Fsp3) is 0.231. The first kappa shape index (κ1) is 12.6. The van der Waals surface area contributed by atoms with Crippen molar-refractivity contribution in [3.05, 3.63) is 40.7 Å². The fourth-order valence-corrected chi connectivity index (χ4v) is 2.25. The van der Waals surface area contributed by atoms with Gasteiger partial charge in [0.15, 0.2) is 0 Å². The second kappa shape index (κ2) is 5.64. The molecule has 0 saturated heterocycles. The Morgan fingerprint density at radius 2 is 2.28 bits per heavy atom. The minimum Gasteiger partial charge on any atom is -0.373 e. The molecular formula is C13H15N3OS. The molecule has 2 aromatic rings. The van der Waals surface area contributed by atoms with Crippen molar-refractivity contribution < 1.29 is 4.79 Å². The van der Waals surface area contributed by atoms with Crippen molar-refractivity contribution in [2.45, 2.75) is 6.42 Å². The Kier molecular flexibility index (Phi) is 3.94. The Morgan fingerprint density at radius 1 is 1.44 bits per heavy atom. The molecule has 94 valence electrons. The van der Waals surface area contributed by atoms with Gasteiger partial charge in [-0.25, -0.2) is 4.98 Å². The van der Waals surface area contributed by atoms with E-state index >= 15 is 0 Å². The summed E-state index contributed by atoms with van der Waals surface area (Å²) >= 11 is 1.60. The van der Waals surface area contributed by atoms with Crippen LogP contribution in [0, 0.1) is 0 Å². The maximum atomic E-state index is 12.1. The van der Waals surface area contributed by atoms with E-state index in [1.165, 1.54) is 0 Å². The molecule has 0 saturated carbocycles. The van der Waals surface area contributed by atoms with E-state index in [0.717, 1.165) is 16.4 Å². The second-order valence-corrected chi connectivity index (χ2v) is 4.89. The maximum absolute atomic E-state index is 12.1. The zero-order chi connectivity index (χ0) is 13.0. The van der Waals surface area contributed by atoms with Crippen LogP contribution in [0.1, 0.15) is 4.88 Å². The van der Waals surface area contributed by atoms with E-state index in [2.05, 4.69) is 10.3 Å². The summed E-state index contributed by atoms with van der Waals surface area (Å²) in [6.07, 6.45) is 2.13. The maximum Gasteiger partial charge on any atom is 0.232 e. The number of anilines is 2. The van der Waals surface area contributed by atoms with Crippen LogP contribution in [0.5, 0.6) is 0 Å². The molecule has 0 fully saturated rings. The van der Waals surface area contributed by atoms with Crippen molar-refractivity contribution in [2.75, 3.05) is 24.3 Å². The molecule has 0 spiro atoms. The van der Waals surface area contributed by atoms with Crippen LogP contribution in [0.2, 0.25) is 0 Å². The molecule has 18 heavy (non-hydrogen) atoms. The van der Waals surface area contributed by atoms with Gasteiger partial charge in [0.1, 0.15) is 5.82 Å². The highest BCUT2D eigenvalue weighted by Crippen LogP contribution is 2.16. The summed E-state index contributed by atoms with van der Waals surface area (Å²) in [6.45, 7) is 0. The molecule has 0 atom stereocenters. The Bertz CT molecular complexity index is 508. The van der Waals surface area contributed by atoms with Crippen LogP contribution in [0.15, 0.2) is 35.8 Å². The van der Waals surface area contributed by atoms with Gasteiger partial charge in [0.05, 0.1) is 18.3 Å². The van der Waals surface area contributed by atoms with Crippen LogP contribution in [0.3, 0.4) is 0 Å². The van der Waals surface area contributed by atoms with Crippen LogP contribution < -0.4 is 10.2 Å². The minimum absolute atomic E-state index is 0.0662. The number of hydrogen-bond acceptors (Lipinski definition) is 4. The first-order valence-electron chi connectivity index (χ1n) is 5.63. The number of aromatic nitrogens is 1. The number of likely N-dealkylation sites (N-methyl/N-ethyl adjacent to an activating group) is 1. The SMILES string of the molecule is CNc1ccc(N(C)C(=O)Cc2cccs2)cn1. The van der Waals surface area contributed by atoms with Gasteiger partial charge in [-0.3, -0.25) is 4.79 Å². The smallest absolute Gasteiger partial charge is 0.232 e. The molecule has 2 heterocycles. The van der Waals surface area contributed by atoms with Gasteiger partial charge in [-0.2, -0.15) is 0 Å². The van der Waals surface area contributed by atoms with Gasteiger partial charge in [0.2, 0.25) is 5.91 Å². The number of carbonyl (C=O) groups is 1. The standard InChI is InChI=1S/C13H15N3OS/c1-14-12-6-5-10(9-15-12)16(2)13(17)8-11-4-3-7-18-11/h3-7,9H,8H2,1-2H3,(H,14,15). The summed E-state index contributed by atoms with van der Waals surface area (Å²) in [5, 5.41) is 4.92. The third-order valence-electron chi connectivity index (χ3n) is 2.67. The lowest BCUT2D eigenvalue weighted by atomic mass is 10.3. The number of amides is 1. The highest BCUT2D eigenvalue weighted by molar-refractivity contribution is 7.10. The quantitative estimate of drug-likeness (QED) is 0.919. The van der Waals surface area contributed by atoms with Crippen molar-refractivity contribution in [1.82, 2.24) is 4.98 Å². The van der Waals surface area contributed by atoms with Gasteiger partial charge in [-0.1, -0.05) is 6.07 Å². The average molecular weight is 261 g/mol. The van der Waals surface area contributed by atoms with E-state index in [1.54, 1.807) is 29.5 Å². The van der Waals surface area contributed by atoms with Gasteiger partial charge >= 0.3 is 0 Å². The van der Waals surface area contributed by atoms with Crippen LogP contribution >= 0.6 is 11.3 Å². The predicted octanol–water partition coefficient (Wildman–Crippen LogP) is 2.39. The van der Waals surface area contributed by atoms with Crippen molar-refractivity contribution in [3.63, 3.8) is 0 Å². The Hall–Kier alpha value is -1.88. The van der Waals surface area contributed by atoms with Crippen molar-refractivity contribution in [1.29, 1.82) is 0 Å². The Balaban J connectivity index is 2.05. The van der Waals surface area contributed by atoms with Crippen LogP contribution in [0.25, 0.3) is 0 Å². The predicted molar refractivity (Wildman–Crippen MR) is 75.2 cm³/mol. The lowest BCUT2D eigenvalue weighted by Gasteiger charge is -2.16. The number of carbonyl (C=O) groups excluding carboxylic acids is 1. The topological polar surface area (TPSA) is 45.2 Å². The van der Waals surface area contributed by atoms with Crippen molar-refractivity contribution in [2.24, 2.45) is 0 Å². The molecule has 0 bridgehead atoms. The van der Waals surface area contributed by atoms with Crippen LogP contribution in [-0.4, -0.2) is 25.0 Å². The zero-order valence-electron chi connectivity index (χ0n) is 10.4. The largest absolute Gasteiger partial charge is 0.373 e. The molecule has 4 nitrogen and oxygen atoms in total. The molecule has 0 unspecified atom stereocenters. The average Bonchev–Trinajstić information content (AvgIpc) is 2.91. The van der Waals surface area contributed by atoms with E-state index in [-0.39, 0.29) is 5.91 Å². The van der Waals surface area contributed by atoms with E-state index in [4.69, 9.17) is 0 Å². The lowest BCUT2D eigenvalue weighted by Crippen LogP contribution is -2.27. The van der Waals surface area contributed by atoms with Crippen LogP contribution in [-0.2, 0) is 11.2 Å². The van der Waals surface area contributed by atoms with E-state index < -0.39 is 0 Å². The molecule has 0 aromatic carbocycles. The highest BCUT2D eigenvalue weighted by atomic mass is 32.1. The van der Waals surface area contributed by atoms with E-state index in [0.29, 0.717) is 6.42 Å². The van der Waals surface area contributed by atoms with Crippen molar-refractivity contribution in [3.8, 4) is 0 Å². The molecular weight excluding hydrogens is 246 g/mol. The summed E-state index contributed by atoms with van der Waals surface area (Å²) in [6, 6.07) is 7.66. The summed E-state index contributed by atoms with van der Waals surface area (Å²) in [5.74, 6) is 0.856. The third-order valence-corrected chi connectivity index (χ3v) is 3.55. The summed E-state index contributed by atoms with van der Waals surface area (Å²) in [7, 11) is 3.58. The molecule has 0 aliphatic rings. The summed E-state index contributed by atoms with van der Waals surface area (Å²) in [4.78, 5) is 19.0. The molecule has 0 aliphatic heterocycles. The monoisotopic (exact) mass is 261 g/mol. The van der Waals surface area contributed by atoms with Gasteiger partial charge in [0.25, 0.3) is 0 Å². The Labute approximate surface area is 110 Å². The third kappa shape index (κ3) is 2.87. The number of nitrogens with one attached hydrogen (secondary N) is 1. The van der Waals surface area contributed by atoms with Crippen molar-refractivity contribution >= 4 is 28.7 Å². The molecule has 0 aliphatic carbocycles. The van der Waals surface area contributed by atoms with Gasteiger partial charge in [-0.05, 0) is 23.6 Å². The normalized spacial score (nSPS) is 10.1. The molecule has 0 radical (unpaired) electrons. The first-order valence-corrected chi connectivity index (χ1v) is 6.51. The summed E-state index contributed by atoms with van der Waals surface area (Å²) < 4.78 is 0. The molecule has 1 amide bonds. The zero-order valence-corrected chi connectivity index (χ0v) is 11.2. The fourth-order valence-electron chi connectivity index (χ4n) is 1.56. The number of rotatable bonds is 4. The van der Waals surface area contributed by atoms with E-state index in [9.17, 15) is 4.79 Å². The number of nitrogens with zero attached hydrogens (tertiary/aromatic N) is 2. The minimum atomic E-state index is 0.0662. The van der Waals surface area contributed by atoms with Crippen LogP contribution in [0.4, 0.5) is 11.5 Å². The molecule has 1 N–H and O–H groups in total. The van der Waals surface area contributed by atoms with Gasteiger partial charge in [-0.15, -0.1) is 11.3 Å². The highest BCUT2D eigenvalue weighted by Gasteiger charge is 2.12. The molecule has 5 heteroatoms. The lowest BCUT2D eigenvalue weighted by molar-refractivity contribution is -0.117. The summed E-state index contributed by atoms with van der Waals surface area (Å²) in [5.41, 5.74) is 0.801. The molecule has 2 rings (SSSR count). The first-order chi connectivity index (χ1) is 8.70. The number of thiophene rings is 1. The Morgan fingerprint density at radius 3 is 2.83 bits per heavy atom. The van der Waals surface area contributed by atoms with Gasteiger partial charge in [0, 0.05) is 19.0 Å². The van der Waals surface area contributed by atoms with Gasteiger partial charge < -0.3 is 10.2 Å².